The quantitative estimate of drug-likeness (QED) is 0.127. The Bertz CT molecular complexity index is 1880. The molecule has 0 saturated heterocycles. The number of halogens is 6. The third-order valence-corrected chi connectivity index (χ3v) is 7.95. The van der Waals surface area contributed by atoms with Gasteiger partial charge in [-0.05, 0) is 78.1 Å². The standard InChI is InChI=1S/C33H32F6N8O2/c1-19(17-49-3)42-15-20-10-25-26(27(11-20)33(37,38)39)16-47(31(25)48)29-13-21(12-28(44-29)41-9-5-4-8-40)24-14-22(32(34,35)36)6-7-23(24)30-45-43-18-46(30)2/h6-7,10-14,18-19,42H,4-5,9,15-17H2,1-3H3,(H,41,44)/t19-/m0/s1. The first-order chi connectivity index (χ1) is 23.2. The Balaban J connectivity index is 1.63. The number of nitriles is 1. The molecule has 1 aliphatic heterocycles. The van der Waals surface area contributed by atoms with Gasteiger partial charge in [0.2, 0.25) is 0 Å². The van der Waals surface area contributed by atoms with E-state index in [-0.39, 0.29) is 76.4 Å². The van der Waals surface area contributed by atoms with Crippen LogP contribution in [0.5, 0.6) is 0 Å². The van der Waals surface area contributed by atoms with Crippen molar-refractivity contribution in [2.24, 2.45) is 7.05 Å². The molecular formula is C33H32F6N8O2. The largest absolute Gasteiger partial charge is 0.416 e. The van der Waals surface area contributed by atoms with Gasteiger partial charge in [0.25, 0.3) is 5.91 Å². The molecule has 0 aliphatic carbocycles. The van der Waals surface area contributed by atoms with Crippen LogP contribution >= 0.6 is 0 Å². The first-order valence-electron chi connectivity index (χ1n) is 15.2. The number of fused-ring (bicyclic) bond motifs is 1. The second kappa shape index (κ2) is 14.2. The van der Waals surface area contributed by atoms with E-state index in [1.165, 1.54) is 42.3 Å². The molecule has 0 spiro atoms. The minimum atomic E-state index is -4.78. The number of pyridine rings is 1. The number of unbranched alkanes of at least 4 members (excludes halogenated alkanes) is 1. The van der Waals surface area contributed by atoms with Gasteiger partial charge in [-0.3, -0.25) is 9.69 Å². The molecule has 258 valence electrons. The van der Waals surface area contributed by atoms with Crippen molar-refractivity contribution in [1.82, 2.24) is 25.1 Å². The van der Waals surface area contributed by atoms with Crippen LogP contribution in [-0.4, -0.2) is 52.0 Å². The third-order valence-electron chi connectivity index (χ3n) is 7.95. The van der Waals surface area contributed by atoms with E-state index in [9.17, 15) is 31.1 Å². The molecule has 5 rings (SSSR count). The first kappa shape index (κ1) is 35.3. The predicted octanol–water partition coefficient (Wildman–Crippen LogP) is 6.58. The lowest BCUT2D eigenvalue weighted by Crippen LogP contribution is -2.29. The fourth-order valence-corrected chi connectivity index (χ4v) is 5.57. The number of carbonyl (C=O) groups is 1. The van der Waals surface area contributed by atoms with Crippen molar-refractivity contribution in [3.8, 4) is 28.6 Å². The van der Waals surface area contributed by atoms with Crippen LogP contribution < -0.4 is 15.5 Å². The van der Waals surface area contributed by atoms with Gasteiger partial charge in [-0.25, -0.2) is 4.98 Å². The maximum atomic E-state index is 14.4. The fourth-order valence-electron chi connectivity index (χ4n) is 5.57. The Hall–Kier alpha value is -5.01. The molecule has 1 atom stereocenters. The number of anilines is 2. The van der Waals surface area contributed by atoms with Crippen molar-refractivity contribution in [3.05, 3.63) is 76.6 Å². The molecule has 0 fully saturated rings. The third kappa shape index (κ3) is 7.84. The molecule has 2 aromatic carbocycles. The number of rotatable bonds is 12. The summed E-state index contributed by atoms with van der Waals surface area (Å²) in [7, 11) is 3.12. The fraction of sp³-hybridized carbons (Fsp3) is 0.364. The highest BCUT2D eigenvalue weighted by Crippen LogP contribution is 2.42. The number of benzene rings is 2. The molecule has 0 unspecified atom stereocenters. The Morgan fingerprint density at radius 1 is 1.04 bits per heavy atom. The highest BCUT2D eigenvalue weighted by molar-refractivity contribution is 6.10. The second-order valence-electron chi connectivity index (χ2n) is 11.6. The summed E-state index contributed by atoms with van der Waals surface area (Å²) in [5.74, 6) is -0.427. The number of methoxy groups -OCH3 is 1. The lowest BCUT2D eigenvalue weighted by atomic mass is 9.96. The molecule has 0 saturated carbocycles. The molecule has 1 amide bonds. The topological polar surface area (TPSA) is 121 Å². The summed E-state index contributed by atoms with van der Waals surface area (Å²) >= 11 is 0. The van der Waals surface area contributed by atoms with Gasteiger partial charge in [0.05, 0.1) is 30.3 Å². The lowest BCUT2D eigenvalue weighted by Gasteiger charge is -2.20. The van der Waals surface area contributed by atoms with Crippen LogP contribution in [0.25, 0.3) is 22.5 Å². The number of hydrogen-bond donors (Lipinski definition) is 2. The van der Waals surface area contributed by atoms with Gasteiger partial charge in [0.1, 0.15) is 18.0 Å². The zero-order valence-corrected chi connectivity index (χ0v) is 26.7. The predicted molar refractivity (Wildman–Crippen MR) is 168 cm³/mol. The van der Waals surface area contributed by atoms with E-state index in [1.807, 2.05) is 6.07 Å². The van der Waals surface area contributed by atoms with E-state index in [1.54, 1.807) is 14.0 Å². The van der Waals surface area contributed by atoms with Crippen LogP contribution in [-0.2, 0) is 37.2 Å². The molecule has 4 aromatic rings. The maximum absolute atomic E-state index is 14.4. The van der Waals surface area contributed by atoms with Crippen molar-refractivity contribution in [3.63, 3.8) is 0 Å². The minimum Gasteiger partial charge on any atom is -0.383 e. The molecule has 16 heteroatoms. The van der Waals surface area contributed by atoms with Crippen molar-refractivity contribution in [2.75, 3.05) is 30.5 Å². The van der Waals surface area contributed by atoms with Crippen LogP contribution in [0.4, 0.5) is 38.0 Å². The average molecular weight is 687 g/mol. The first-order valence-corrected chi connectivity index (χ1v) is 15.2. The number of hydrogen-bond acceptors (Lipinski definition) is 8. The molecule has 2 aromatic heterocycles. The summed E-state index contributed by atoms with van der Waals surface area (Å²) in [6, 6.07) is 10.2. The van der Waals surface area contributed by atoms with Crippen molar-refractivity contribution >= 4 is 17.5 Å². The Morgan fingerprint density at radius 2 is 1.82 bits per heavy atom. The van der Waals surface area contributed by atoms with E-state index >= 15 is 0 Å². The summed E-state index contributed by atoms with van der Waals surface area (Å²) in [5.41, 5.74) is -1.51. The number of aromatic nitrogens is 4. The van der Waals surface area contributed by atoms with E-state index in [2.05, 4.69) is 25.8 Å². The number of amides is 1. The number of carbonyl (C=O) groups excluding carboxylic acids is 1. The summed E-state index contributed by atoms with van der Waals surface area (Å²) in [6.07, 6.45) is -7.47. The molecular weight excluding hydrogens is 654 g/mol. The molecule has 0 bridgehead atoms. The van der Waals surface area contributed by atoms with Crippen LogP contribution in [0.15, 0.2) is 48.8 Å². The highest BCUT2D eigenvalue weighted by Gasteiger charge is 2.41. The Labute approximate surface area is 277 Å². The minimum absolute atomic E-state index is 0.0407. The second-order valence-corrected chi connectivity index (χ2v) is 11.6. The van der Waals surface area contributed by atoms with Gasteiger partial charge in [-0.15, -0.1) is 10.2 Å². The van der Waals surface area contributed by atoms with Crippen molar-refractivity contribution < 1.29 is 35.9 Å². The smallest absolute Gasteiger partial charge is 0.383 e. The number of aryl methyl sites for hydroxylation is 1. The summed E-state index contributed by atoms with van der Waals surface area (Å²) in [6.45, 7) is 1.95. The monoisotopic (exact) mass is 686 g/mol. The maximum Gasteiger partial charge on any atom is 0.416 e. The number of ether oxygens (including phenoxy) is 1. The summed E-state index contributed by atoms with van der Waals surface area (Å²) in [5, 5.41) is 23.0. The van der Waals surface area contributed by atoms with Gasteiger partial charge in [-0.2, -0.15) is 31.6 Å². The van der Waals surface area contributed by atoms with Crippen LogP contribution in [0.1, 0.15) is 52.4 Å². The van der Waals surface area contributed by atoms with E-state index in [4.69, 9.17) is 10.00 Å². The van der Waals surface area contributed by atoms with Crippen molar-refractivity contribution in [2.45, 2.75) is 51.2 Å². The van der Waals surface area contributed by atoms with Gasteiger partial charge in [0, 0.05) is 50.8 Å². The SMILES string of the molecule is COC[C@H](C)NCc1cc2c(c(C(F)(F)F)c1)CN(c1cc(-c3cc(C(F)(F)F)ccc3-c3nncn3C)cc(NCCCC#N)n1)C2=O. The lowest BCUT2D eigenvalue weighted by molar-refractivity contribution is -0.138. The summed E-state index contributed by atoms with van der Waals surface area (Å²) < 4.78 is 91.6. The van der Waals surface area contributed by atoms with E-state index in [0.29, 0.717) is 13.0 Å². The zero-order chi connectivity index (χ0) is 35.5. The zero-order valence-electron chi connectivity index (χ0n) is 26.7. The van der Waals surface area contributed by atoms with Crippen LogP contribution in [0.3, 0.4) is 0 Å². The average Bonchev–Trinajstić information content (AvgIpc) is 3.63. The molecule has 10 nitrogen and oxygen atoms in total. The highest BCUT2D eigenvalue weighted by atomic mass is 19.4. The van der Waals surface area contributed by atoms with E-state index < -0.39 is 35.9 Å². The van der Waals surface area contributed by atoms with Gasteiger partial charge < -0.3 is 19.9 Å². The molecule has 0 radical (unpaired) electrons. The van der Waals surface area contributed by atoms with Crippen LogP contribution in [0, 0.1) is 11.3 Å². The number of alkyl halides is 6. The van der Waals surface area contributed by atoms with Gasteiger partial charge in [-0.1, -0.05) is 0 Å². The molecule has 2 N–H and O–H groups in total. The van der Waals surface area contributed by atoms with E-state index in [0.717, 1.165) is 23.1 Å². The van der Waals surface area contributed by atoms with Gasteiger partial charge in [0.15, 0.2) is 5.82 Å². The Morgan fingerprint density at radius 3 is 2.47 bits per heavy atom. The summed E-state index contributed by atoms with van der Waals surface area (Å²) in [4.78, 5) is 19.4. The van der Waals surface area contributed by atoms with Crippen molar-refractivity contribution in [1.29, 1.82) is 5.26 Å². The normalized spacial score (nSPS) is 13.8. The number of nitrogens with one attached hydrogen (secondary N) is 2. The van der Waals surface area contributed by atoms with Crippen LogP contribution in [0.2, 0.25) is 0 Å². The molecule has 49 heavy (non-hydrogen) atoms. The number of nitrogens with zero attached hydrogens (tertiary/aromatic N) is 6. The molecule has 1 aliphatic rings. The Kier molecular flexibility index (Phi) is 10.2. The van der Waals surface area contributed by atoms with Gasteiger partial charge >= 0.3 is 12.4 Å². The molecule has 3 heterocycles.